The highest BCUT2D eigenvalue weighted by molar-refractivity contribution is 5.91. The third-order valence-electron chi connectivity index (χ3n) is 2.27. The van der Waals surface area contributed by atoms with Crippen LogP contribution in [0, 0.1) is 0 Å². The number of benzene rings is 1. The molecule has 0 radical (unpaired) electrons. The second-order valence-electron chi connectivity index (χ2n) is 3.85. The van der Waals surface area contributed by atoms with E-state index in [-0.39, 0.29) is 34.6 Å². The summed E-state index contributed by atoms with van der Waals surface area (Å²) in [6.45, 7) is 0. The van der Waals surface area contributed by atoms with Crippen molar-refractivity contribution in [3.8, 4) is 5.75 Å². The molecule has 1 heterocycles. The van der Waals surface area contributed by atoms with Crippen molar-refractivity contribution in [2.24, 2.45) is 0 Å². The Kier molecular flexibility index (Phi) is 4.57. The molecule has 0 aliphatic carbocycles. The van der Waals surface area contributed by atoms with E-state index in [0.29, 0.717) is 5.69 Å². The Morgan fingerprint density at radius 1 is 1.00 bits per heavy atom. The molecule has 112 valence electrons. The van der Waals surface area contributed by atoms with E-state index in [9.17, 15) is 4.79 Å². The van der Waals surface area contributed by atoms with Gasteiger partial charge in [-0.25, -0.2) is 4.79 Å². The number of aromatic hydroxyl groups is 1. The predicted molar refractivity (Wildman–Crippen MR) is 79.2 cm³/mol. The number of carbonyl (C=O) groups is 1. The standard InChI is InChI=1S/C7H7NO3.C4H8N6/c8-4-1-2-6(9)5(3-4)7(10)11;5-1-2(6)9-4(8)10-3(1)7/h1-3,9H,8H2,(H,10,11);5H2,(H6,6,7,8,9,10). The monoisotopic (exact) mass is 293 g/mol. The molecule has 1 aromatic heterocycles. The van der Waals surface area contributed by atoms with Gasteiger partial charge in [0.2, 0.25) is 5.95 Å². The summed E-state index contributed by atoms with van der Waals surface area (Å²) in [7, 11) is 0. The fraction of sp³-hybridized carbons (Fsp3) is 0. The van der Waals surface area contributed by atoms with Crippen molar-refractivity contribution < 1.29 is 15.0 Å². The Bertz CT molecular complexity index is 652. The van der Waals surface area contributed by atoms with Gasteiger partial charge in [-0.3, -0.25) is 0 Å². The second-order valence-corrected chi connectivity index (χ2v) is 3.85. The molecule has 0 aliphatic rings. The van der Waals surface area contributed by atoms with Gasteiger partial charge < -0.3 is 38.9 Å². The van der Waals surface area contributed by atoms with Crippen LogP contribution in [-0.2, 0) is 0 Å². The average molecular weight is 293 g/mol. The molecule has 1 aromatic carbocycles. The van der Waals surface area contributed by atoms with Crippen molar-refractivity contribution in [3.05, 3.63) is 23.8 Å². The average Bonchev–Trinajstić information content (AvgIpc) is 2.39. The number of hydrogen-bond donors (Lipinski definition) is 7. The zero-order chi connectivity index (χ0) is 16.2. The lowest BCUT2D eigenvalue weighted by atomic mass is 10.2. The number of anilines is 5. The van der Waals surface area contributed by atoms with Gasteiger partial charge in [0.15, 0.2) is 11.6 Å². The van der Waals surface area contributed by atoms with Crippen LogP contribution >= 0.6 is 0 Å². The van der Waals surface area contributed by atoms with Crippen LogP contribution in [-0.4, -0.2) is 26.2 Å². The van der Waals surface area contributed by atoms with Gasteiger partial charge in [0.05, 0.1) is 0 Å². The molecule has 0 fully saturated rings. The fourth-order valence-corrected chi connectivity index (χ4v) is 1.25. The van der Waals surface area contributed by atoms with Crippen LogP contribution in [0.3, 0.4) is 0 Å². The molecule has 21 heavy (non-hydrogen) atoms. The van der Waals surface area contributed by atoms with Gasteiger partial charge in [-0.05, 0) is 18.2 Å². The Morgan fingerprint density at radius 3 is 1.95 bits per heavy atom. The van der Waals surface area contributed by atoms with E-state index in [1.807, 2.05) is 0 Å². The lowest BCUT2D eigenvalue weighted by Crippen LogP contribution is -2.07. The highest BCUT2D eigenvalue weighted by atomic mass is 16.4. The molecule has 10 heteroatoms. The second kappa shape index (κ2) is 6.14. The maximum absolute atomic E-state index is 10.4. The summed E-state index contributed by atoms with van der Waals surface area (Å²) in [5, 5.41) is 17.4. The van der Waals surface area contributed by atoms with Crippen molar-refractivity contribution in [2.45, 2.75) is 0 Å². The van der Waals surface area contributed by atoms with Gasteiger partial charge in [-0.1, -0.05) is 0 Å². The lowest BCUT2D eigenvalue weighted by Gasteiger charge is -2.01. The first-order valence-corrected chi connectivity index (χ1v) is 5.48. The normalized spacial score (nSPS) is 9.52. The maximum Gasteiger partial charge on any atom is 0.339 e. The van der Waals surface area contributed by atoms with Gasteiger partial charge in [0.1, 0.15) is 17.0 Å². The third kappa shape index (κ3) is 4.02. The minimum Gasteiger partial charge on any atom is -0.507 e. The highest BCUT2D eigenvalue weighted by Crippen LogP contribution is 2.19. The minimum absolute atomic E-state index is 0.0317. The van der Waals surface area contributed by atoms with Crippen LogP contribution in [0.15, 0.2) is 18.2 Å². The molecule has 12 N–H and O–H groups in total. The van der Waals surface area contributed by atoms with Gasteiger partial charge in [-0.15, -0.1) is 0 Å². The summed E-state index contributed by atoms with van der Waals surface area (Å²) >= 11 is 0. The third-order valence-corrected chi connectivity index (χ3v) is 2.27. The van der Waals surface area contributed by atoms with Crippen molar-refractivity contribution in [3.63, 3.8) is 0 Å². The largest absolute Gasteiger partial charge is 0.507 e. The predicted octanol–water partition coefficient (Wildman–Crippen LogP) is -0.522. The molecule has 10 nitrogen and oxygen atoms in total. The van der Waals surface area contributed by atoms with Crippen molar-refractivity contribution >= 4 is 34.9 Å². The molecule has 0 atom stereocenters. The van der Waals surface area contributed by atoms with Crippen LogP contribution in [0.2, 0.25) is 0 Å². The Hall–Kier alpha value is -3.43. The number of aromatic carboxylic acids is 1. The summed E-state index contributed by atoms with van der Waals surface area (Å²) < 4.78 is 0. The summed E-state index contributed by atoms with van der Waals surface area (Å²) in [4.78, 5) is 17.5. The molecule has 0 aliphatic heterocycles. The number of rotatable bonds is 1. The molecule has 0 unspecified atom stereocenters. The van der Waals surface area contributed by atoms with Crippen LogP contribution in [0.25, 0.3) is 0 Å². The quantitative estimate of drug-likeness (QED) is 0.263. The van der Waals surface area contributed by atoms with E-state index in [1.54, 1.807) is 0 Å². The Labute approximate surface area is 119 Å². The van der Waals surface area contributed by atoms with Crippen LogP contribution in [0.1, 0.15) is 10.4 Å². The Balaban J connectivity index is 0.000000211. The van der Waals surface area contributed by atoms with Gasteiger partial charge in [0, 0.05) is 5.69 Å². The number of nitrogens with two attached hydrogens (primary N) is 5. The minimum atomic E-state index is -1.19. The molecule has 0 amide bonds. The van der Waals surface area contributed by atoms with Crippen LogP contribution in [0.4, 0.5) is 29.0 Å². The highest BCUT2D eigenvalue weighted by Gasteiger charge is 2.08. The lowest BCUT2D eigenvalue weighted by molar-refractivity contribution is 0.0694. The number of aromatic nitrogens is 2. The van der Waals surface area contributed by atoms with Crippen LogP contribution in [0.5, 0.6) is 5.75 Å². The Morgan fingerprint density at radius 2 is 1.52 bits per heavy atom. The number of nitrogen functional groups attached to an aromatic ring is 5. The summed E-state index contributed by atoms with van der Waals surface area (Å²) in [6.07, 6.45) is 0. The maximum atomic E-state index is 10.4. The summed E-state index contributed by atoms with van der Waals surface area (Å²) in [6, 6.07) is 3.89. The first-order valence-electron chi connectivity index (χ1n) is 5.48. The van der Waals surface area contributed by atoms with Crippen molar-refractivity contribution in [1.29, 1.82) is 0 Å². The van der Waals surface area contributed by atoms with Gasteiger partial charge in [-0.2, -0.15) is 9.97 Å². The SMILES string of the molecule is Nc1ccc(O)c(C(=O)O)c1.Nc1nc(N)c(N)c(N)n1. The smallest absolute Gasteiger partial charge is 0.339 e. The summed E-state index contributed by atoms with van der Waals surface area (Å²) in [5.74, 6) is -1.19. The van der Waals surface area contributed by atoms with E-state index < -0.39 is 5.97 Å². The number of hydrogen-bond acceptors (Lipinski definition) is 9. The molecule has 2 rings (SSSR count). The van der Waals surface area contributed by atoms with E-state index in [4.69, 9.17) is 38.9 Å². The number of phenols is 1. The molecule has 2 aromatic rings. The van der Waals surface area contributed by atoms with E-state index in [0.717, 1.165) is 0 Å². The number of carboxylic acid groups (broad SMARTS) is 1. The molecule has 0 bridgehead atoms. The zero-order valence-electron chi connectivity index (χ0n) is 10.8. The van der Waals surface area contributed by atoms with E-state index >= 15 is 0 Å². The molecule has 0 spiro atoms. The molecular weight excluding hydrogens is 278 g/mol. The topological polar surface area (TPSA) is 213 Å². The number of nitrogens with zero attached hydrogens (tertiary/aromatic N) is 2. The van der Waals surface area contributed by atoms with E-state index in [2.05, 4.69) is 9.97 Å². The van der Waals surface area contributed by atoms with Crippen molar-refractivity contribution in [2.75, 3.05) is 28.7 Å². The first-order chi connectivity index (χ1) is 9.72. The van der Waals surface area contributed by atoms with E-state index in [1.165, 1.54) is 18.2 Å². The molecule has 0 saturated heterocycles. The van der Waals surface area contributed by atoms with Gasteiger partial charge in [0.25, 0.3) is 0 Å². The van der Waals surface area contributed by atoms with Crippen LogP contribution < -0.4 is 28.7 Å². The number of carboxylic acids is 1. The van der Waals surface area contributed by atoms with Crippen molar-refractivity contribution in [1.82, 2.24) is 9.97 Å². The first kappa shape index (κ1) is 15.6. The molecular formula is C11H15N7O3. The molecule has 0 saturated carbocycles. The zero-order valence-corrected chi connectivity index (χ0v) is 10.8. The fourth-order valence-electron chi connectivity index (χ4n) is 1.25. The van der Waals surface area contributed by atoms with Gasteiger partial charge >= 0.3 is 5.97 Å². The summed E-state index contributed by atoms with van der Waals surface area (Å²) in [5.41, 5.74) is 26.7.